The van der Waals surface area contributed by atoms with Crippen LogP contribution >= 0.6 is 0 Å². The molecule has 0 spiro atoms. The highest BCUT2D eigenvalue weighted by molar-refractivity contribution is 6.04. The Morgan fingerprint density at radius 1 is 1.06 bits per heavy atom. The Morgan fingerprint density at radius 2 is 1.83 bits per heavy atom. The molecule has 184 valence electrons. The molecular formula is C29H31N5O2. The lowest BCUT2D eigenvalue weighted by Crippen LogP contribution is -2.16. The third kappa shape index (κ3) is 5.38. The predicted molar refractivity (Wildman–Crippen MR) is 142 cm³/mol. The normalized spacial score (nSPS) is 10.9. The van der Waals surface area contributed by atoms with Gasteiger partial charge in [-0.15, -0.1) is 0 Å². The van der Waals surface area contributed by atoms with Crippen molar-refractivity contribution < 1.29 is 9.53 Å². The molecular weight excluding hydrogens is 450 g/mol. The Morgan fingerprint density at radius 3 is 2.56 bits per heavy atom. The number of aryl methyl sites for hydroxylation is 3. The first kappa shape index (κ1) is 24.9. The second-order valence-electron chi connectivity index (χ2n) is 9.09. The average molecular weight is 482 g/mol. The molecule has 0 unspecified atom stereocenters. The van der Waals surface area contributed by atoms with Gasteiger partial charge in [-0.1, -0.05) is 37.8 Å². The highest BCUT2D eigenvalue weighted by atomic mass is 16.5. The number of amides is 1. The van der Waals surface area contributed by atoms with Gasteiger partial charge in [0.05, 0.1) is 18.3 Å². The molecule has 0 radical (unpaired) electrons. The van der Waals surface area contributed by atoms with Crippen LogP contribution in [0.3, 0.4) is 0 Å². The molecule has 2 aromatic carbocycles. The molecule has 2 heterocycles. The van der Waals surface area contributed by atoms with Crippen LogP contribution in [0.1, 0.15) is 65.2 Å². The molecule has 0 atom stereocenters. The van der Waals surface area contributed by atoms with Gasteiger partial charge in [0.2, 0.25) is 0 Å². The van der Waals surface area contributed by atoms with Gasteiger partial charge in [-0.3, -0.25) is 4.79 Å². The van der Waals surface area contributed by atoms with Crippen LogP contribution in [0, 0.1) is 32.1 Å². The van der Waals surface area contributed by atoms with E-state index in [0.717, 1.165) is 40.6 Å². The number of hydrogen-bond donors (Lipinski definition) is 1. The standard InChI is InChI=1S/C29H31N5O2/c1-5-6-7-8-13-36-24-11-9-22(10-12-24)29(35)33-28-23(17-30)18-31-34(28)26-16-20(3)25-15-19(2)14-21(4)27(25)32-26/h9-12,14-16,18H,5-8,13H2,1-4H3,(H,33,35). The summed E-state index contributed by atoms with van der Waals surface area (Å²) in [5, 5.41) is 17.9. The van der Waals surface area contributed by atoms with Crippen LogP contribution in [0.5, 0.6) is 5.75 Å². The quantitative estimate of drug-likeness (QED) is 0.278. The molecule has 0 aliphatic carbocycles. The zero-order valence-electron chi connectivity index (χ0n) is 21.3. The number of nitrogens with zero attached hydrogens (tertiary/aromatic N) is 4. The molecule has 7 heteroatoms. The second-order valence-corrected chi connectivity index (χ2v) is 9.09. The Balaban J connectivity index is 1.57. The van der Waals surface area contributed by atoms with Crippen molar-refractivity contribution in [3.05, 3.63) is 76.5 Å². The minimum absolute atomic E-state index is 0.260. The third-order valence-electron chi connectivity index (χ3n) is 6.16. The lowest BCUT2D eigenvalue weighted by Gasteiger charge is -2.13. The fourth-order valence-electron chi connectivity index (χ4n) is 4.26. The highest BCUT2D eigenvalue weighted by Crippen LogP contribution is 2.27. The van der Waals surface area contributed by atoms with Crippen LogP contribution in [0.4, 0.5) is 5.82 Å². The predicted octanol–water partition coefficient (Wildman–Crippen LogP) is 6.43. The van der Waals surface area contributed by atoms with E-state index in [9.17, 15) is 10.1 Å². The van der Waals surface area contributed by atoms with E-state index in [2.05, 4.69) is 42.5 Å². The SMILES string of the molecule is CCCCCCOc1ccc(C(=O)Nc2c(C#N)cnn2-c2cc(C)c3cc(C)cc(C)c3n2)cc1. The number of hydrogen-bond acceptors (Lipinski definition) is 5. The van der Waals surface area contributed by atoms with Crippen molar-refractivity contribution in [2.75, 3.05) is 11.9 Å². The fraction of sp³-hybridized carbons (Fsp3) is 0.310. The van der Waals surface area contributed by atoms with E-state index in [0.29, 0.717) is 18.0 Å². The topological polar surface area (TPSA) is 92.8 Å². The largest absolute Gasteiger partial charge is 0.494 e. The number of unbranched alkanes of at least 4 members (excludes halogenated alkanes) is 3. The van der Waals surface area contributed by atoms with E-state index < -0.39 is 0 Å². The number of carbonyl (C=O) groups is 1. The van der Waals surface area contributed by atoms with Gasteiger partial charge in [0.15, 0.2) is 11.6 Å². The van der Waals surface area contributed by atoms with Gasteiger partial charge in [-0.05, 0) is 74.7 Å². The van der Waals surface area contributed by atoms with E-state index in [-0.39, 0.29) is 17.3 Å². The number of benzene rings is 2. The highest BCUT2D eigenvalue weighted by Gasteiger charge is 2.18. The van der Waals surface area contributed by atoms with Crippen LogP contribution in [-0.4, -0.2) is 27.3 Å². The second kappa shape index (κ2) is 11.0. The number of aromatic nitrogens is 3. The van der Waals surface area contributed by atoms with Crippen molar-refractivity contribution in [2.24, 2.45) is 0 Å². The van der Waals surface area contributed by atoms with Crippen LogP contribution < -0.4 is 10.1 Å². The van der Waals surface area contributed by atoms with E-state index in [1.807, 2.05) is 19.9 Å². The molecule has 4 aromatic rings. The van der Waals surface area contributed by atoms with Crippen molar-refractivity contribution in [2.45, 2.75) is 53.4 Å². The summed E-state index contributed by atoms with van der Waals surface area (Å²) in [6, 6.07) is 15.2. The van der Waals surface area contributed by atoms with E-state index >= 15 is 0 Å². The van der Waals surface area contributed by atoms with Gasteiger partial charge in [0.1, 0.15) is 17.4 Å². The molecule has 0 saturated heterocycles. The van der Waals surface area contributed by atoms with Crippen molar-refractivity contribution >= 4 is 22.6 Å². The van der Waals surface area contributed by atoms with Gasteiger partial charge in [0.25, 0.3) is 5.91 Å². The summed E-state index contributed by atoms with van der Waals surface area (Å²) < 4.78 is 7.28. The summed E-state index contributed by atoms with van der Waals surface area (Å²) in [7, 11) is 0. The van der Waals surface area contributed by atoms with E-state index in [1.54, 1.807) is 24.3 Å². The molecule has 0 bridgehead atoms. The number of carbonyl (C=O) groups excluding carboxylic acids is 1. The van der Waals surface area contributed by atoms with Crippen LogP contribution in [0.15, 0.2) is 48.7 Å². The van der Waals surface area contributed by atoms with Crippen LogP contribution in [0.25, 0.3) is 16.7 Å². The monoisotopic (exact) mass is 481 g/mol. The average Bonchev–Trinajstić information content (AvgIpc) is 3.27. The number of anilines is 1. The number of pyridine rings is 1. The lowest BCUT2D eigenvalue weighted by molar-refractivity contribution is 0.102. The first-order chi connectivity index (χ1) is 17.4. The van der Waals surface area contributed by atoms with Gasteiger partial charge < -0.3 is 10.1 Å². The first-order valence-electron chi connectivity index (χ1n) is 12.3. The summed E-state index contributed by atoms with van der Waals surface area (Å²) in [5.41, 5.74) is 4.85. The smallest absolute Gasteiger partial charge is 0.256 e. The maximum absolute atomic E-state index is 13.1. The minimum atomic E-state index is -0.341. The van der Waals surface area contributed by atoms with Crippen molar-refractivity contribution in [3.8, 4) is 17.6 Å². The molecule has 36 heavy (non-hydrogen) atoms. The van der Waals surface area contributed by atoms with Gasteiger partial charge in [-0.2, -0.15) is 15.0 Å². The summed E-state index contributed by atoms with van der Waals surface area (Å²) >= 11 is 0. The Labute approximate surface area is 211 Å². The molecule has 4 rings (SSSR count). The van der Waals surface area contributed by atoms with Gasteiger partial charge in [-0.25, -0.2) is 4.98 Å². The maximum atomic E-state index is 13.1. The van der Waals surface area contributed by atoms with E-state index in [1.165, 1.54) is 29.3 Å². The van der Waals surface area contributed by atoms with Crippen LogP contribution in [-0.2, 0) is 0 Å². The van der Waals surface area contributed by atoms with Gasteiger partial charge in [0, 0.05) is 10.9 Å². The molecule has 0 aliphatic heterocycles. The fourth-order valence-corrected chi connectivity index (χ4v) is 4.26. The van der Waals surface area contributed by atoms with Crippen molar-refractivity contribution in [3.63, 3.8) is 0 Å². The molecule has 0 fully saturated rings. The molecule has 0 saturated carbocycles. The lowest BCUT2D eigenvalue weighted by atomic mass is 10.0. The van der Waals surface area contributed by atoms with E-state index in [4.69, 9.17) is 9.72 Å². The molecule has 1 N–H and O–H groups in total. The molecule has 2 aromatic heterocycles. The Kier molecular flexibility index (Phi) is 7.65. The summed E-state index contributed by atoms with van der Waals surface area (Å²) in [6.45, 7) is 8.95. The molecule has 1 amide bonds. The number of nitriles is 1. The number of rotatable bonds is 9. The summed E-state index contributed by atoms with van der Waals surface area (Å²) in [4.78, 5) is 17.9. The Bertz CT molecular complexity index is 1430. The van der Waals surface area contributed by atoms with Crippen molar-refractivity contribution in [1.29, 1.82) is 5.26 Å². The summed E-state index contributed by atoms with van der Waals surface area (Å²) in [6.07, 6.45) is 5.99. The minimum Gasteiger partial charge on any atom is -0.494 e. The zero-order chi connectivity index (χ0) is 25.7. The zero-order valence-corrected chi connectivity index (χ0v) is 21.3. The number of nitrogens with one attached hydrogen (secondary N) is 1. The maximum Gasteiger partial charge on any atom is 0.256 e. The summed E-state index contributed by atoms with van der Waals surface area (Å²) in [5.74, 6) is 1.21. The number of ether oxygens (including phenoxy) is 1. The van der Waals surface area contributed by atoms with Crippen molar-refractivity contribution in [1.82, 2.24) is 14.8 Å². The first-order valence-corrected chi connectivity index (χ1v) is 12.3. The molecule has 7 nitrogen and oxygen atoms in total. The Hall–Kier alpha value is -4.18. The van der Waals surface area contributed by atoms with Crippen LogP contribution in [0.2, 0.25) is 0 Å². The number of fused-ring (bicyclic) bond motifs is 1. The third-order valence-corrected chi connectivity index (χ3v) is 6.16. The molecule has 0 aliphatic rings. The van der Waals surface area contributed by atoms with Gasteiger partial charge >= 0.3 is 0 Å².